The van der Waals surface area contributed by atoms with Crippen LogP contribution in [-0.2, 0) is 9.47 Å². The van der Waals surface area contributed by atoms with Crippen LogP contribution in [0.15, 0.2) is 0 Å². The van der Waals surface area contributed by atoms with Gasteiger partial charge in [-0.1, -0.05) is 39.5 Å². The maximum absolute atomic E-state index is 8.93. The Bertz CT molecular complexity index is 349. The van der Waals surface area contributed by atoms with Gasteiger partial charge >= 0.3 is 0 Å². The van der Waals surface area contributed by atoms with Gasteiger partial charge in [-0.15, -0.1) is 0 Å². The highest BCUT2D eigenvalue weighted by atomic mass is 16.5. The highest BCUT2D eigenvalue weighted by Gasteiger charge is 2.27. The van der Waals surface area contributed by atoms with E-state index in [0.29, 0.717) is 38.3 Å². The van der Waals surface area contributed by atoms with Crippen LogP contribution >= 0.6 is 0 Å². The second-order valence-electron chi connectivity index (χ2n) is 8.12. The molecule has 2 N–H and O–H groups in total. The van der Waals surface area contributed by atoms with Crippen LogP contribution in [0, 0.1) is 34.5 Å². The van der Waals surface area contributed by atoms with Crippen LogP contribution < -0.4 is 0 Å². The summed E-state index contributed by atoms with van der Waals surface area (Å²) < 4.78 is 11.2. The van der Waals surface area contributed by atoms with Gasteiger partial charge in [-0.05, 0) is 38.5 Å². The van der Waals surface area contributed by atoms with Crippen molar-refractivity contribution >= 4 is 0 Å². The first-order valence-electron chi connectivity index (χ1n) is 9.08. The molecule has 0 fully saturated rings. The Labute approximate surface area is 148 Å². The quantitative estimate of drug-likeness (QED) is 0.423. The molecule has 0 heterocycles. The van der Waals surface area contributed by atoms with E-state index in [9.17, 15) is 0 Å². The first-order chi connectivity index (χ1) is 11.2. The van der Waals surface area contributed by atoms with Crippen molar-refractivity contribution in [2.45, 2.75) is 54.4 Å². The highest BCUT2D eigenvalue weighted by molar-refractivity contribution is 5.17. The minimum Gasteiger partial charge on any atom is -0.394 e. The molecule has 0 rings (SSSR count). The summed E-state index contributed by atoms with van der Waals surface area (Å²) in [4.78, 5) is 0. The van der Waals surface area contributed by atoms with Crippen molar-refractivity contribution in [1.29, 1.82) is 0 Å². The Morgan fingerprint density at radius 1 is 0.750 bits per heavy atom. The molecule has 0 amide bonds. The predicted molar refractivity (Wildman–Crippen MR) is 98.7 cm³/mol. The summed E-state index contributed by atoms with van der Waals surface area (Å²) >= 11 is 0. The average molecular weight is 343 g/mol. The van der Waals surface area contributed by atoms with E-state index < -0.39 is 0 Å². The zero-order valence-electron chi connectivity index (χ0n) is 16.5. The van der Waals surface area contributed by atoms with Gasteiger partial charge in [-0.25, -0.2) is 0 Å². The molecule has 0 aromatic carbocycles. The smallest absolute Gasteiger partial charge is 0.0698 e. The van der Waals surface area contributed by atoms with Crippen molar-refractivity contribution in [3.8, 4) is 11.8 Å². The topological polar surface area (TPSA) is 58.9 Å². The summed E-state index contributed by atoms with van der Waals surface area (Å²) in [6, 6.07) is 0. The lowest BCUT2D eigenvalue weighted by Crippen LogP contribution is -2.28. The summed E-state index contributed by atoms with van der Waals surface area (Å²) in [6.45, 7) is 14.8. The largest absolute Gasteiger partial charge is 0.394 e. The zero-order chi connectivity index (χ0) is 18.6. The van der Waals surface area contributed by atoms with Crippen LogP contribution in [0.3, 0.4) is 0 Å². The van der Waals surface area contributed by atoms with E-state index >= 15 is 0 Å². The number of aliphatic hydroxyl groups excluding tert-OH is 2. The van der Waals surface area contributed by atoms with Gasteiger partial charge in [0.1, 0.15) is 0 Å². The van der Waals surface area contributed by atoms with E-state index in [1.165, 1.54) is 0 Å². The maximum Gasteiger partial charge on any atom is 0.0698 e. The van der Waals surface area contributed by atoms with E-state index in [2.05, 4.69) is 53.4 Å². The molecule has 0 aromatic heterocycles. The zero-order valence-corrected chi connectivity index (χ0v) is 16.5. The molecule has 4 heteroatoms. The Morgan fingerprint density at radius 2 is 1.08 bits per heavy atom. The Hall–Kier alpha value is -0.600. The van der Waals surface area contributed by atoms with Crippen LogP contribution in [0.5, 0.6) is 0 Å². The second kappa shape index (κ2) is 11.9. The Morgan fingerprint density at radius 3 is 1.33 bits per heavy atom. The molecule has 0 aliphatic heterocycles. The van der Waals surface area contributed by atoms with Gasteiger partial charge in [-0.3, -0.25) is 0 Å². The number of ether oxygens (including phenoxy) is 2. The third kappa shape index (κ3) is 11.0. The minimum absolute atomic E-state index is 0.0330. The van der Waals surface area contributed by atoms with Crippen LogP contribution in [0.1, 0.15) is 54.4 Å². The molecule has 0 radical (unpaired) electrons. The van der Waals surface area contributed by atoms with E-state index in [0.717, 1.165) is 12.8 Å². The van der Waals surface area contributed by atoms with Crippen LogP contribution in [0.2, 0.25) is 0 Å². The molecule has 0 aliphatic carbocycles. The second-order valence-corrected chi connectivity index (χ2v) is 8.12. The molecule has 2 unspecified atom stereocenters. The van der Waals surface area contributed by atoms with Crippen molar-refractivity contribution in [3.63, 3.8) is 0 Å². The summed E-state index contributed by atoms with van der Waals surface area (Å²) in [7, 11) is 0. The molecule has 0 aliphatic rings. The molecule has 0 aromatic rings. The predicted octanol–water partition coefficient (Wildman–Crippen LogP) is 3.11. The SMILES string of the molecule is CC(C)CC(C)(C#CC(C)(COCCO)CC(C)C)COCCO. The summed E-state index contributed by atoms with van der Waals surface area (Å²) in [5.41, 5.74) is -0.475. The third-order valence-corrected chi connectivity index (χ3v) is 3.70. The van der Waals surface area contributed by atoms with Crippen molar-refractivity contribution in [2.75, 3.05) is 39.6 Å². The Kier molecular flexibility index (Phi) is 11.6. The van der Waals surface area contributed by atoms with Crippen molar-refractivity contribution < 1.29 is 19.7 Å². The molecule has 142 valence electrons. The van der Waals surface area contributed by atoms with E-state index in [-0.39, 0.29) is 24.0 Å². The molecule has 0 saturated carbocycles. The lowest BCUT2D eigenvalue weighted by atomic mass is 9.79. The monoisotopic (exact) mass is 342 g/mol. The third-order valence-electron chi connectivity index (χ3n) is 3.70. The molecule has 0 spiro atoms. The fraction of sp³-hybridized carbons (Fsp3) is 0.900. The molecule has 2 atom stereocenters. The van der Waals surface area contributed by atoms with Gasteiger partial charge in [0, 0.05) is 0 Å². The summed E-state index contributed by atoms with van der Waals surface area (Å²) in [5, 5.41) is 17.9. The van der Waals surface area contributed by atoms with Crippen molar-refractivity contribution in [3.05, 3.63) is 0 Å². The van der Waals surface area contributed by atoms with Crippen molar-refractivity contribution in [2.24, 2.45) is 22.7 Å². The van der Waals surface area contributed by atoms with Crippen molar-refractivity contribution in [1.82, 2.24) is 0 Å². The molecule has 0 bridgehead atoms. The van der Waals surface area contributed by atoms with Crippen LogP contribution in [0.25, 0.3) is 0 Å². The number of rotatable bonds is 12. The van der Waals surface area contributed by atoms with Crippen LogP contribution in [-0.4, -0.2) is 49.9 Å². The van der Waals surface area contributed by atoms with E-state index in [1.54, 1.807) is 0 Å². The van der Waals surface area contributed by atoms with Gasteiger partial charge in [0.15, 0.2) is 0 Å². The lowest BCUT2D eigenvalue weighted by molar-refractivity contribution is 0.0423. The van der Waals surface area contributed by atoms with Gasteiger partial charge in [0.25, 0.3) is 0 Å². The lowest BCUT2D eigenvalue weighted by Gasteiger charge is -2.29. The fourth-order valence-corrected chi connectivity index (χ4v) is 3.12. The maximum atomic E-state index is 8.93. The van der Waals surface area contributed by atoms with Gasteiger partial charge in [0.05, 0.1) is 50.5 Å². The molecular weight excluding hydrogens is 304 g/mol. The van der Waals surface area contributed by atoms with Gasteiger partial charge in [-0.2, -0.15) is 0 Å². The molecule has 4 nitrogen and oxygen atoms in total. The first kappa shape index (κ1) is 23.4. The van der Waals surface area contributed by atoms with Crippen LogP contribution in [0.4, 0.5) is 0 Å². The molecule has 0 saturated heterocycles. The Balaban J connectivity index is 5.19. The number of hydrogen-bond acceptors (Lipinski definition) is 4. The molecule has 24 heavy (non-hydrogen) atoms. The van der Waals surface area contributed by atoms with E-state index in [1.807, 2.05) is 0 Å². The number of hydrogen-bond donors (Lipinski definition) is 2. The normalized spacial score (nSPS) is 16.6. The fourth-order valence-electron chi connectivity index (χ4n) is 3.12. The van der Waals surface area contributed by atoms with Gasteiger partial charge < -0.3 is 19.7 Å². The average Bonchev–Trinajstić information content (AvgIpc) is 2.44. The summed E-state index contributed by atoms with van der Waals surface area (Å²) in [6.07, 6.45) is 1.89. The first-order valence-corrected chi connectivity index (χ1v) is 9.08. The standard InChI is InChI=1S/C20H38O4/c1-17(2)13-19(5,15-23-11-9-21)7-8-20(6,14-18(3)4)16-24-12-10-22/h17-18,21-22H,9-16H2,1-6H3. The highest BCUT2D eigenvalue weighted by Crippen LogP contribution is 2.30. The number of aliphatic hydroxyl groups is 2. The van der Waals surface area contributed by atoms with E-state index in [4.69, 9.17) is 19.7 Å². The summed E-state index contributed by atoms with van der Waals surface area (Å²) in [5.74, 6) is 7.96. The minimum atomic E-state index is -0.238. The molecular formula is C20H38O4. The van der Waals surface area contributed by atoms with Gasteiger partial charge in [0.2, 0.25) is 0 Å².